The van der Waals surface area contributed by atoms with Gasteiger partial charge < -0.3 is 0 Å². The minimum Gasteiger partial charge on any atom is -0.0654 e. The first-order valence-electron chi connectivity index (χ1n) is 5.39. The highest BCUT2D eigenvalue weighted by molar-refractivity contribution is 4.72. The van der Waals surface area contributed by atoms with Crippen LogP contribution in [0.1, 0.15) is 60.8 Å². The Bertz CT molecular complexity index is 111. The molecule has 0 heterocycles. The van der Waals surface area contributed by atoms with Crippen molar-refractivity contribution in [2.75, 3.05) is 0 Å². The molecule has 0 fully saturated rings. The lowest BCUT2D eigenvalue weighted by atomic mass is 9.77. The van der Waals surface area contributed by atoms with Gasteiger partial charge in [0.15, 0.2) is 0 Å². The second-order valence-electron chi connectivity index (χ2n) is 5.34. The molecule has 12 heavy (non-hydrogen) atoms. The van der Waals surface area contributed by atoms with Gasteiger partial charge in [-0.3, -0.25) is 0 Å². The van der Waals surface area contributed by atoms with Gasteiger partial charge in [-0.25, -0.2) is 0 Å². The van der Waals surface area contributed by atoms with Crippen molar-refractivity contribution in [1.29, 1.82) is 0 Å². The third kappa shape index (κ3) is 4.79. The fourth-order valence-electron chi connectivity index (χ4n) is 1.89. The van der Waals surface area contributed by atoms with Crippen molar-refractivity contribution in [2.24, 2.45) is 17.3 Å². The summed E-state index contributed by atoms with van der Waals surface area (Å²) in [7, 11) is 0. The molecule has 0 nitrogen and oxygen atoms in total. The van der Waals surface area contributed by atoms with Crippen molar-refractivity contribution in [2.45, 2.75) is 60.8 Å². The summed E-state index contributed by atoms with van der Waals surface area (Å²) in [4.78, 5) is 0. The maximum Gasteiger partial charge on any atom is -0.0352 e. The molecule has 0 aliphatic carbocycles. The molecule has 0 spiro atoms. The predicted molar refractivity (Wildman–Crippen MR) is 57.3 cm³/mol. The van der Waals surface area contributed by atoms with E-state index in [0.717, 1.165) is 11.8 Å². The van der Waals surface area contributed by atoms with Crippen LogP contribution in [0, 0.1) is 17.3 Å². The van der Waals surface area contributed by atoms with E-state index in [2.05, 4.69) is 41.5 Å². The highest BCUT2D eigenvalue weighted by Gasteiger charge is 2.21. The van der Waals surface area contributed by atoms with Crippen LogP contribution in [0.2, 0.25) is 0 Å². The third-order valence-corrected chi connectivity index (χ3v) is 2.94. The number of hydrogen-bond donors (Lipinski definition) is 0. The molecule has 0 N–H and O–H groups in total. The van der Waals surface area contributed by atoms with Crippen molar-refractivity contribution < 1.29 is 0 Å². The largest absolute Gasteiger partial charge is 0.0654 e. The smallest absolute Gasteiger partial charge is 0.0352 e. The predicted octanol–water partition coefficient (Wildman–Crippen LogP) is 4.49. The van der Waals surface area contributed by atoms with Gasteiger partial charge in [0.1, 0.15) is 0 Å². The maximum atomic E-state index is 2.40. The quantitative estimate of drug-likeness (QED) is 0.570. The first-order chi connectivity index (χ1) is 5.39. The Morgan fingerprint density at radius 1 is 1.08 bits per heavy atom. The Morgan fingerprint density at radius 2 is 1.58 bits per heavy atom. The second kappa shape index (κ2) is 4.89. The summed E-state index contributed by atoms with van der Waals surface area (Å²) < 4.78 is 0. The fraction of sp³-hybridized carbons (Fsp3) is 1.00. The van der Waals surface area contributed by atoms with Crippen LogP contribution >= 0.6 is 0 Å². The summed E-state index contributed by atoms with van der Waals surface area (Å²) in [5.74, 6) is 1.70. The van der Waals surface area contributed by atoms with E-state index in [9.17, 15) is 0 Å². The molecule has 0 saturated heterocycles. The molecule has 0 aliphatic rings. The molecule has 0 rings (SSSR count). The van der Waals surface area contributed by atoms with E-state index in [-0.39, 0.29) is 0 Å². The van der Waals surface area contributed by atoms with E-state index < -0.39 is 0 Å². The van der Waals surface area contributed by atoms with Crippen LogP contribution in [-0.2, 0) is 0 Å². The van der Waals surface area contributed by atoms with Crippen LogP contribution in [0.5, 0.6) is 0 Å². The van der Waals surface area contributed by atoms with E-state index in [1.54, 1.807) is 0 Å². The van der Waals surface area contributed by atoms with Crippen LogP contribution in [-0.4, -0.2) is 0 Å². The standard InChI is InChI=1S/C12H26/c1-7-8-12(5,6)9-11(4)10(2)3/h10-11H,7-9H2,1-6H3. The van der Waals surface area contributed by atoms with E-state index >= 15 is 0 Å². The van der Waals surface area contributed by atoms with Gasteiger partial charge in [0, 0.05) is 0 Å². The average Bonchev–Trinajstić information content (AvgIpc) is 1.85. The van der Waals surface area contributed by atoms with Crippen LogP contribution in [0.4, 0.5) is 0 Å². The van der Waals surface area contributed by atoms with Crippen molar-refractivity contribution in [3.63, 3.8) is 0 Å². The molecular formula is C12H26. The van der Waals surface area contributed by atoms with Crippen LogP contribution in [0.25, 0.3) is 0 Å². The Kier molecular flexibility index (Phi) is 4.89. The van der Waals surface area contributed by atoms with Gasteiger partial charge in [-0.1, -0.05) is 48.0 Å². The maximum absolute atomic E-state index is 2.40. The van der Waals surface area contributed by atoms with E-state index in [4.69, 9.17) is 0 Å². The van der Waals surface area contributed by atoms with Crippen molar-refractivity contribution >= 4 is 0 Å². The van der Waals surface area contributed by atoms with Crippen LogP contribution < -0.4 is 0 Å². The summed E-state index contributed by atoms with van der Waals surface area (Å²) in [5.41, 5.74) is 0.554. The Labute approximate surface area is 78.8 Å². The monoisotopic (exact) mass is 170 g/mol. The lowest BCUT2D eigenvalue weighted by molar-refractivity contribution is 0.221. The summed E-state index contributed by atoms with van der Waals surface area (Å²) in [5, 5.41) is 0. The lowest BCUT2D eigenvalue weighted by Gasteiger charge is -2.29. The van der Waals surface area contributed by atoms with Crippen LogP contribution in [0.3, 0.4) is 0 Å². The summed E-state index contributed by atoms with van der Waals surface area (Å²) in [6.45, 7) is 14.1. The molecule has 0 radical (unpaired) electrons. The minimum absolute atomic E-state index is 0.554. The Balaban J connectivity index is 3.87. The zero-order valence-electron chi connectivity index (χ0n) is 9.78. The van der Waals surface area contributed by atoms with E-state index in [1.807, 2.05) is 0 Å². The molecule has 0 heteroatoms. The first kappa shape index (κ1) is 12.0. The summed E-state index contributed by atoms with van der Waals surface area (Å²) in [6, 6.07) is 0. The second-order valence-corrected chi connectivity index (χ2v) is 5.34. The Morgan fingerprint density at radius 3 is 1.92 bits per heavy atom. The molecule has 1 atom stereocenters. The lowest BCUT2D eigenvalue weighted by Crippen LogP contribution is -2.18. The normalized spacial score (nSPS) is 15.2. The number of hydrogen-bond acceptors (Lipinski definition) is 0. The molecule has 74 valence electrons. The van der Waals surface area contributed by atoms with Gasteiger partial charge in [0.25, 0.3) is 0 Å². The summed E-state index contributed by atoms with van der Waals surface area (Å²) >= 11 is 0. The van der Waals surface area contributed by atoms with Crippen molar-refractivity contribution in [3.05, 3.63) is 0 Å². The molecule has 0 aromatic heterocycles. The van der Waals surface area contributed by atoms with Crippen molar-refractivity contribution in [1.82, 2.24) is 0 Å². The van der Waals surface area contributed by atoms with Gasteiger partial charge in [-0.15, -0.1) is 0 Å². The molecular weight excluding hydrogens is 144 g/mol. The van der Waals surface area contributed by atoms with Crippen LogP contribution in [0.15, 0.2) is 0 Å². The van der Waals surface area contributed by atoms with Crippen molar-refractivity contribution in [3.8, 4) is 0 Å². The first-order valence-corrected chi connectivity index (χ1v) is 5.39. The van der Waals surface area contributed by atoms with Gasteiger partial charge in [0.05, 0.1) is 0 Å². The molecule has 0 saturated carbocycles. The molecule has 0 bridgehead atoms. The summed E-state index contributed by atoms with van der Waals surface area (Å²) in [6.07, 6.45) is 4.06. The van der Waals surface area contributed by atoms with Gasteiger partial charge >= 0.3 is 0 Å². The van der Waals surface area contributed by atoms with Gasteiger partial charge in [-0.05, 0) is 30.1 Å². The SMILES string of the molecule is CCCC(C)(C)CC(C)C(C)C. The molecule has 1 unspecified atom stereocenters. The minimum atomic E-state index is 0.554. The van der Waals surface area contributed by atoms with Gasteiger partial charge in [-0.2, -0.15) is 0 Å². The average molecular weight is 170 g/mol. The fourth-order valence-corrected chi connectivity index (χ4v) is 1.89. The molecule has 0 aromatic rings. The zero-order valence-corrected chi connectivity index (χ0v) is 9.78. The highest BCUT2D eigenvalue weighted by Crippen LogP contribution is 2.32. The Hall–Kier alpha value is 0. The highest BCUT2D eigenvalue weighted by atomic mass is 14.3. The number of rotatable bonds is 5. The zero-order chi connectivity index (χ0) is 9.78. The third-order valence-electron chi connectivity index (χ3n) is 2.94. The molecule has 0 aliphatic heterocycles. The molecule has 0 aromatic carbocycles. The van der Waals surface area contributed by atoms with E-state index in [0.29, 0.717) is 5.41 Å². The molecule has 0 amide bonds. The topological polar surface area (TPSA) is 0 Å². The van der Waals surface area contributed by atoms with E-state index in [1.165, 1.54) is 19.3 Å². The van der Waals surface area contributed by atoms with Gasteiger partial charge in [0.2, 0.25) is 0 Å².